The quantitative estimate of drug-likeness (QED) is 0.172. The highest BCUT2D eigenvalue weighted by Crippen LogP contribution is 2.49. The largest absolute Gasteiger partial charge is 0.416 e. The molecule has 0 radical (unpaired) electrons. The Kier molecular flexibility index (Phi) is 5.62. The normalized spacial score (nSPS) is 15.1. The summed E-state index contributed by atoms with van der Waals surface area (Å²) in [6.07, 6.45) is -4.48. The Morgan fingerprint density at radius 2 is 1.71 bits per heavy atom. The van der Waals surface area contributed by atoms with Crippen LogP contribution in [0.2, 0.25) is 0 Å². The Bertz CT molecular complexity index is 1490. The van der Waals surface area contributed by atoms with Gasteiger partial charge in [0.15, 0.2) is 0 Å². The Morgan fingerprint density at radius 1 is 0.971 bits per heavy atom. The number of halogens is 5. The number of alkyl halides is 3. The first-order valence-corrected chi connectivity index (χ1v) is 12.3. The zero-order chi connectivity index (χ0) is 25.3. The molecule has 0 amide bonds. The maximum absolute atomic E-state index is 14.3. The van der Waals surface area contributed by atoms with Gasteiger partial charge in [-0.15, -0.1) is 0 Å². The summed E-state index contributed by atoms with van der Waals surface area (Å²) in [5.74, 6) is -0.442. The SMILES string of the molecule is Cc1cc(-c2nc3cc(F)ccc3c(N3CC(C)(C)c4ccc(I)cc43)c2C)cc(C(F)(F)F)c1. The molecule has 0 saturated heterocycles. The van der Waals surface area contributed by atoms with Gasteiger partial charge in [0, 0.05) is 38.2 Å². The molecule has 2 heterocycles. The number of benzene rings is 3. The van der Waals surface area contributed by atoms with Crippen molar-refractivity contribution >= 4 is 44.9 Å². The molecule has 7 heteroatoms. The number of anilines is 2. The van der Waals surface area contributed by atoms with E-state index in [0.29, 0.717) is 28.9 Å². The summed E-state index contributed by atoms with van der Waals surface area (Å²) >= 11 is 2.28. The third kappa shape index (κ3) is 4.17. The van der Waals surface area contributed by atoms with Crippen molar-refractivity contribution in [1.82, 2.24) is 4.98 Å². The average Bonchev–Trinajstić information content (AvgIpc) is 3.02. The van der Waals surface area contributed by atoms with Crippen molar-refractivity contribution in [1.29, 1.82) is 0 Å². The van der Waals surface area contributed by atoms with E-state index < -0.39 is 17.6 Å². The number of hydrogen-bond donors (Lipinski definition) is 0. The van der Waals surface area contributed by atoms with E-state index in [1.807, 2.05) is 6.92 Å². The molecule has 0 atom stereocenters. The van der Waals surface area contributed by atoms with Gasteiger partial charge in [-0.1, -0.05) is 19.9 Å². The fraction of sp³-hybridized carbons (Fsp3) is 0.250. The van der Waals surface area contributed by atoms with Crippen LogP contribution in [0, 0.1) is 23.2 Å². The Morgan fingerprint density at radius 3 is 2.43 bits per heavy atom. The molecule has 0 fully saturated rings. The van der Waals surface area contributed by atoms with Gasteiger partial charge < -0.3 is 4.90 Å². The van der Waals surface area contributed by atoms with E-state index in [-0.39, 0.29) is 5.41 Å². The smallest absolute Gasteiger partial charge is 0.339 e. The molecule has 5 rings (SSSR count). The van der Waals surface area contributed by atoms with Crippen molar-refractivity contribution in [2.24, 2.45) is 0 Å². The number of aryl methyl sites for hydroxylation is 1. The van der Waals surface area contributed by atoms with Crippen molar-refractivity contribution in [3.8, 4) is 11.3 Å². The van der Waals surface area contributed by atoms with E-state index in [9.17, 15) is 17.6 Å². The van der Waals surface area contributed by atoms with E-state index >= 15 is 0 Å². The average molecular weight is 590 g/mol. The van der Waals surface area contributed by atoms with Gasteiger partial charge in [-0.25, -0.2) is 9.37 Å². The van der Waals surface area contributed by atoms with Crippen LogP contribution in [-0.2, 0) is 11.6 Å². The molecule has 1 aliphatic rings. The lowest BCUT2D eigenvalue weighted by atomic mass is 9.87. The monoisotopic (exact) mass is 590 g/mol. The summed E-state index contributed by atoms with van der Waals surface area (Å²) in [4.78, 5) is 6.88. The summed E-state index contributed by atoms with van der Waals surface area (Å²) in [5.41, 5.74) is 4.65. The van der Waals surface area contributed by atoms with Gasteiger partial charge in [0.1, 0.15) is 5.82 Å². The first kappa shape index (κ1) is 24.0. The van der Waals surface area contributed by atoms with Gasteiger partial charge in [0.25, 0.3) is 0 Å². The summed E-state index contributed by atoms with van der Waals surface area (Å²) in [6, 6.07) is 14.7. The Hall–Kier alpha value is -2.68. The molecule has 0 unspecified atom stereocenters. The van der Waals surface area contributed by atoms with Crippen LogP contribution in [0.3, 0.4) is 0 Å². The van der Waals surface area contributed by atoms with Crippen LogP contribution in [0.4, 0.5) is 28.9 Å². The second-order valence-electron chi connectivity index (χ2n) is 9.81. The molecule has 180 valence electrons. The number of rotatable bonds is 2. The summed E-state index contributed by atoms with van der Waals surface area (Å²) < 4.78 is 56.2. The Labute approximate surface area is 215 Å². The minimum atomic E-state index is -4.48. The van der Waals surface area contributed by atoms with Gasteiger partial charge in [-0.2, -0.15) is 13.2 Å². The highest BCUT2D eigenvalue weighted by Gasteiger charge is 2.38. The molecular weight excluding hydrogens is 567 g/mol. The number of fused-ring (bicyclic) bond motifs is 2. The lowest BCUT2D eigenvalue weighted by Crippen LogP contribution is -2.25. The molecule has 0 bridgehead atoms. The molecule has 0 aliphatic carbocycles. The lowest BCUT2D eigenvalue weighted by molar-refractivity contribution is -0.137. The van der Waals surface area contributed by atoms with Crippen molar-refractivity contribution in [2.45, 2.75) is 39.3 Å². The molecule has 0 saturated carbocycles. The summed E-state index contributed by atoms with van der Waals surface area (Å²) in [6.45, 7) is 8.55. The van der Waals surface area contributed by atoms with E-state index in [0.717, 1.165) is 38.0 Å². The first-order valence-electron chi connectivity index (χ1n) is 11.2. The van der Waals surface area contributed by atoms with Crippen LogP contribution in [0.25, 0.3) is 22.2 Å². The lowest BCUT2D eigenvalue weighted by Gasteiger charge is -2.27. The Balaban J connectivity index is 1.83. The zero-order valence-corrected chi connectivity index (χ0v) is 21.8. The van der Waals surface area contributed by atoms with Crippen LogP contribution in [0.15, 0.2) is 54.6 Å². The number of pyridine rings is 1. The molecule has 4 aromatic rings. The summed E-state index contributed by atoms with van der Waals surface area (Å²) in [5, 5.41) is 0.763. The minimum Gasteiger partial charge on any atom is -0.339 e. The highest BCUT2D eigenvalue weighted by atomic mass is 127. The third-order valence-corrected chi connectivity index (χ3v) is 7.31. The van der Waals surface area contributed by atoms with Gasteiger partial charge in [0.05, 0.1) is 22.5 Å². The molecule has 0 N–H and O–H groups in total. The fourth-order valence-corrected chi connectivity index (χ4v) is 5.57. The molecule has 1 aromatic heterocycles. The second kappa shape index (κ2) is 8.18. The molecule has 2 nitrogen and oxygen atoms in total. The van der Waals surface area contributed by atoms with Crippen molar-refractivity contribution in [3.63, 3.8) is 0 Å². The number of nitrogens with zero attached hydrogens (tertiary/aromatic N) is 2. The van der Waals surface area contributed by atoms with E-state index in [1.165, 1.54) is 17.7 Å². The molecular formula is C28H23F4IN2. The standard InChI is InChI=1S/C28H23F4IN2/c1-15-9-17(11-18(10-15)28(30,31)32)25-16(2)26(21-7-5-19(29)12-23(21)34-25)35-14-27(3,4)22-8-6-20(33)13-24(22)35/h5-13H,14H2,1-4H3. The van der Waals surface area contributed by atoms with Crippen LogP contribution >= 0.6 is 22.6 Å². The molecule has 0 spiro atoms. The van der Waals surface area contributed by atoms with Gasteiger partial charge in [-0.05, 0) is 95.6 Å². The first-order chi connectivity index (χ1) is 16.3. The van der Waals surface area contributed by atoms with E-state index in [4.69, 9.17) is 0 Å². The molecule has 35 heavy (non-hydrogen) atoms. The molecule has 3 aromatic carbocycles. The topological polar surface area (TPSA) is 16.1 Å². The van der Waals surface area contributed by atoms with Crippen LogP contribution in [0.5, 0.6) is 0 Å². The van der Waals surface area contributed by atoms with Crippen molar-refractivity contribution in [2.75, 3.05) is 11.4 Å². The fourth-order valence-electron chi connectivity index (χ4n) is 5.09. The van der Waals surface area contributed by atoms with Gasteiger partial charge >= 0.3 is 6.18 Å². The van der Waals surface area contributed by atoms with Crippen LogP contribution in [0.1, 0.15) is 36.1 Å². The highest BCUT2D eigenvalue weighted by molar-refractivity contribution is 14.1. The maximum atomic E-state index is 14.3. The number of aromatic nitrogens is 1. The summed E-state index contributed by atoms with van der Waals surface area (Å²) in [7, 11) is 0. The van der Waals surface area contributed by atoms with Crippen LogP contribution < -0.4 is 4.90 Å². The predicted molar refractivity (Wildman–Crippen MR) is 141 cm³/mol. The number of hydrogen-bond acceptors (Lipinski definition) is 2. The van der Waals surface area contributed by atoms with Crippen molar-refractivity contribution in [3.05, 3.63) is 86.2 Å². The zero-order valence-electron chi connectivity index (χ0n) is 19.7. The van der Waals surface area contributed by atoms with Gasteiger partial charge in [0.2, 0.25) is 0 Å². The predicted octanol–water partition coefficient (Wildman–Crippen LogP) is 8.71. The van der Waals surface area contributed by atoms with E-state index in [2.05, 4.69) is 64.5 Å². The second-order valence-corrected chi connectivity index (χ2v) is 11.1. The van der Waals surface area contributed by atoms with Crippen LogP contribution in [-0.4, -0.2) is 11.5 Å². The van der Waals surface area contributed by atoms with E-state index in [1.54, 1.807) is 19.1 Å². The van der Waals surface area contributed by atoms with Gasteiger partial charge in [-0.3, -0.25) is 0 Å². The van der Waals surface area contributed by atoms with Crippen molar-refractivity contribution < 1.29 is 17.6 Å². The maximum Gasteiger partial charge on any atom is 0.416 e. The minimum absolute atomic E-state index is 0.144. The molecule has 1 aliphatic heterocycles. The third-order valence-electron chi connectivity index (χ3n) is 6.64.